The molecule has 1 aromatic carbocycles. The number of aliphatic hydroxyl groups excluding tert-OH is 2. The van der Waals surface area contributed by atoms with Crippen molar-refractivity contribution in [2.24, 2.45) is 5.92 Å². The number of hydrogen-bond acceptors (Lipinski definition) is 7. The summed E-state index contributed by atoms with van der Waals surface area (Å²) < 4.78 is 4.21. The molecule has 27 heavy (non-hydrogen) atoms. The Morgan fingerprint density at radius 3 is 2.19 bits per heavy atom. The zero-order valence-electron chi connectivity index (χ0n) is 17.4. The van der Waals surface area contributed by atoms with Crippen LogP contribution in [-0.2, 0) is 14.3 Å². The molecule has 3 N–H and O–H groups in total. The Kier molecular flexibility index (Phi) is 17.6. The first-order valence-corrected chi connectivity index (χ1v) is 9.08. The van der Waals surface area contributed by atoms with Gasteiger partial charge in [0.15, 0.2) is 0 Å². The van der Waals surface area contributed by atoms with E-state index in [4.69, 9.17) is 10.2 Å². The molecule has 156 valence electrons. The second-order valence-electron chi connectivity index (χ2n) is 6.14. The third kappa shape index (κ3) is 12.9. The van der Waals surface area contributed by atoms with E-state index in [0.29, 0.717) is 18.9 Å². The second-order valence-corrected chi connectivity index (χ2v) is 6.14. The zero-order valence-corrected chi connectivity index (χ0v) is 17.4. The maximum absolute atomic E-state index is 11.0. The van der Waals surface area contributed by atoms with Crippen LogP contribution in [0.2, 0.25) is 0 Å². The summed E-state index contributed by atoms with van der Waals surface area (Å²) in [5.74, 6) is -0.122. The molecule has 1 aromatic rings. The number of likely N-dealkylation sites (N-methyl/N-ethyl adjacent to an activating group) is 2. The zero-order chi connectivity index (χ0) is 21.2. The molecule has 0 amide bonds. The Labute approximate surface area is 163 Å². The van der Waals surface area contributed by atoms with Crippen LogP contribution in [0.1, 0.15) is 32.8 Å². The molecule has 0 heterocycles. The number of anilines is 1. The summed E-state index contributed by atoms with van der Waals surface area (Å²) in [5.41, 5.74) is 2.45. The Hall–Kier alpha value is -1.96. The van der Waals surface area contributed by atoms with Gasteiger partial charge in [-0.1, -0.05) is 31.5 Å². The van der Waals surface area contributed by atoms with Gasteiger partial charge in [0.25, 0.3) is 0 Å². The van der Waals surface area contributed by atoms with Crippen molar-refractivity contribution in [3.8, 4) is 0 Å². The maximum Gasteiger partial charge on any atom is 0.330 e. The summed E-state index contributed by atoms with van der Waals surface area (Å²) in [6.45, 7) is 10.2. The van der Waals surface area contributed by atoms with E-state index in [0.717, 1.165) is 13.7 Å². The molecular weight excluding hydrogens is 348 g/mol. The molecule has 0 aliphatic heterocycles. The number of benzene rings is 1. The monoisotopic (exact) mass is 384 g/mol. The number of carbonyl (C=O) groups excluding carboxylic acids is 2. The molecule has 0 bridgehead atoms. The van der Waals surface area contributed by atoms with Gasteiger partial charge in [0.2, 0.25) is 0 Å². The van der Waals surface area contributed by atoms with Crippen LogP contribution in [0.3, 0.4) is 0 Å². The summed E-state index contributed by atoms with van der Waals surface area (Å²) in [7, 11) is 2.67. The predicted molar refractivity (Wildman–Crippen MR) is 109 cm³/mol. The van der Waals surface area contributed by atoms with Crippen molar-refractivity contribution in [2.75, 3.05) is 38.8 Å². The SMILES string of the molecule is CCN(CCO)c1ccc(C)cc1.CNC(CC(C)C)C(=O)OC=O.CO. The van der Waals surface area contributed by atoms with Gasteiger partial charge in [-0.25, -0.2) is 4.79 Å². The first kappa shape index (κ1) is 27.3. The summed E-state index contributed by atoms with van der Waals surface area (Å²) in [4.78, 5) is 23.0. The molecule has 0 saturated heterocycles. The Balaban J connectivity index is 0. The minimum Gasteiger partial charge on any atom is -0.400 e. The largest absolute Gasteiger partial charge is 0.400 e. The van der Waals surface area contributed by atoms with Crippen molar-refractivity contribution in [2.45, 2.75) is 40.2 Å². The first-order chi connectivity index (χ1) is 12.9. The molecule has 1 unspecified atom stereocenters. The van der Waals surface area contributed by atoms with E-state index in [9.17, 15) is 9.59 Å². The van der Waals surface area contributed by atoms with Gasteiger partial charge < -0.3 is 25.2 Å². The fourth-order valence-electron chi connectivity index (χ4n) is 2.28. The van der Waals surface area contributed by atoms with Crippen molar-refractivity contribution in [3.63, 3.8) is 0 Å². The van der Waals surface area contributed by atoms with Crippen LogP contribution in [-0.4, -0.2) is 62.6 Å². The number of esters is 1. The van der Waals surface area contributed by atoms with Crippen LogP contribution >= 0.6 is 0 Å². The minimum atomic E-state index is -0.513. The average molecular weight is 385 g/mol. The van der Waals surface area contributed by atoms with Crippen LogP contribution < -0.4 is 10.2 Å². The number of hydrogen-bond donors (Lipinski definition) is 3. The third-order valence-electron chi connectivity index (χ3n) is 3.66. The molecule has 1 atom stereocenters. The summed E-state index contributed by atoms with van der Waals surface area (Å²) >= 11 is 0. The van der Waals surface area contributed by atoms with Crippen LogP contribution in [0.5, 0.6) is 0 Å². The lowest BCUT2D eigenvalue weighted by atomic mass is 10.0. The third-order valence-corrected chi connectivity index (χ3v) is 3.66. The van der Waals surface area contributed by atoms with Gasteiger partial charge >= 0.3 is 12.4 Å². The number of rotatable bonds is 9. The standard InChI is InChI=1S/C11H17NO.C8H15NO3.CH4O/c1-3-12(8-9-13)11-6-4-10(2)5-7-11;1-6(2)4-7(9-3)8(11)12-5-10;1-2/h4-7,13H,3,8-9H2,1-2H3;5-7,9H,4H2,1-3H3;2H,1H3. The van der Waals surface area contributed by atoms with E-state index in [1.807, 2.05) is 13.8 Å². The van der Waals surface area contributed by atoms with E-state index in [1.165, 1.54) is 11.3 Å². The van der Waals surface area contributed by atoms with Gasteiger partial charge in [-0.3, -0.25) is 4.79 Å². The molecule has 0 aliphatic rings. The second kappa shape index (κ2) is 17.5. The van der Waals surface area contributed by atoms with E-state index in [2.05, 4.69) is 53.1 Å². The maximum atomic E-state index is 11.0. The van der Waals surface area contributed by atoms with Gasteiger partial charge in [0.1, 0.15) is 6.04 Å². The number of carbonyl (C=O) groups is 2. The lowest BCUT2D eigenvalue weighted by Crippen LogP contribution is -2.36. The molecule has 0 radical (unpaired) electrons. The number of aryl methyl sites for hydroxylation is 1. The van der Waals surface area contributed by atoms with Gasteiger partial charge in [0, 0.05) is 25.9 Å². The summed E-state index contributed by atoms with van der Waals surface area (Å²) in [6, 6.07) is 7.99. The fourth-order valence-corrected chi connectivity index (χ4v) is 2.28. The fraction of sp³-hybridized carbons (Fsp3) is 0.600. The molecule has 0 saturated carbocycles. The highest BCUT2D eigenvalue weighted by Crippen LogP contribution is 2.13. The molecule has 7 heteroatoms. The van der Waals surface area contributed by atoms with E-state index >= 15 is 0 Å². The molecule has 0 spiro atoms. The van der Waals surface area contributed by atoms with Crippen LogP contribution in [0.25, 0.3) is 0 Å². The number of aliphatic hydroxyl groups is 2. The van der Waals surface area contributed by atoms with E-state index < -0.39 is 5.97 Å². The lowest BCUT2D eigenvalue weighted by molar-refractivity contribution is -0.153. The smallest absolute Gasteiger partial charge is 0.330 e. The van der Waals surface area contributed by atoms with E-state index in [-0.39, 0.29) is 19.1 Å². The number of nitrogens with one attached hydrogen (secondary N) is 1. The van der Waals surface area contributed by atoms with Gasteiger partial charge in [-0.2, -0.15) is 0 Å². The molecule has 7 nitrogen and oxygen atoms in total. The predicted octanol–water partition coefficient (Wildman–Crippen LogP) is 1.74. The summed E-state index contributed by atoms with van der Waals surface area (Å²) in [5, 5.41) is 18.6. The number of nitrogens with zero attached hydrogens (tertiary/aromatic N) is 1. The average Bonchev–Trinajstić information content (AvgIpc) is 2.67. The number of ether oxygens (including phenoxy) is 1. The van der Waals surface area contributed by atoms with Crippen molar-refractivity contribution in [1.29, 1.82) is 0 Å². The van der Waals surface area contributed by atoms with Gasteiger partial charge in [0.05, 0.1) is 6.61 Å². The van der Waals surface area contributed by atoms with Crippen molar-refractivity contribution in [3.05, 3.63) is 29.8 Å². The molecule has 1 rings (SSSR count). The Morgan fingerprint density at radius 2 is 1.81 bits per heavy atom. The van der Waals surface area contributed by atoms with Crippen molar-refractivity contribution >= 4 is 18.1 Å². The highest BCUT2D eigenvalue weighted by Gasteiger charge is 2.18. The normalized spacial score (nSPS) is 10.7. The van der Waals surface area contributed by atoms with Crippen LogP contribution in [0, 0.1) is 12.8 Å². The molecule has 0 aliphatic carbocycles. The summed E-state index contributed by atoms with van der Waals surface area (Å²) in [6.07, 6.45) is 0.670. The molecule has 0 aromatic heterocycles. The Morgan fingerprint density at radius 1 is 1.26 bits per heavy atom. The van der Waals surface area contributed by atoms with Gasteiger partial charge in [-0.15, -0.1) is 0 Å². The van der Waals surface area contributed by atoms with Crippen LogP contribution in [0.15, 0.2) is 24.3 Å². The van der Waals surface area contributed by atoms with Crippen molar-refractivity contribution in [1.82, 2.24) is 5.32 Å². The topological polar surface area (TPSA) is 99.1 Å². The van der Waals surface area contributed by atoms with E-state index in [1.54, 1.807) is 7.05 Å². The minimum absolute atomic E-state index is 0.160. The lowest BCUT2D eigenvalue weighted by Gasteiger charge is -2.21. The first-order valence-electron chi connectivity index (χ1n) is 9.08. The Bertz CT molecular complexity index is 492. The molecular formula is C20H36N2O5. The van der Waals surface area contributed by atoms with Crippen LogP contribution in [0.4, 0.5) is 5.69 Å². The highest BCUT2D eigenvalue weighted by molar-refractivity contribution is 5.81. The molecule has 0 fully saturated rings. The van der Waals surface area contributed by atoms with Crippen molar-refractivity contribution < 1.29 is 24.5 Å². The quantitative estimate of drug-likeness (QED) is 0.339. The highest BCUT2D eigenvalue weighted by atomic mass is 16.6. The van der Waals surface area contributed by atoms with Gasteiger partial charge in [-0.05, 0) is 45.4 Å².